The summed E-state index contributed by atoms with van der Waals surface area (Å²) in [5.41, 5.74) is 10.4. The second-order valence-electron chi connectivity index (χ2n) is 5.33. The van der Waals surface area contributed by atoms with E-state index in [4.69, 9.17) is 5.73 Å². The fraction of sp³-hybridized carbons (Fsp3) is 0.375. The van der Waals surface area contributed by atoms with E-state index in [2.05, 4.69) is 9.97 Å². The molecule has 0 saturated carbocycles. The number of nitrogens with two attached hydrogens (primary N) is 1. The van der Waals surface area contributed by atoms with Crippen molar-refractivity contribution in [2.75, 3.05) is 0 Å². The number of hydrogen-bond acceptors (Lipinski definition) is 4. The molecule has 21 heavy (non-hydrogen) atoms. The van der Waals surface area contributed by atoms with E-state index in [1.54, 1.807) is 6.92 Å². The highest BCUT2D eigenvalue weighted by atomic mass is 32.2. The number of aromatic nitrogens is 2. The summed E-state index contributed by atoms with van der Waals surface area (Å²) in [5.74, 6) is -0.233. The van der Waals surface area contributed by atoms with E-state index in [1.165, 1.54) is 17.8 Å². The van der Waals surface area contributed by atoms with Crippen LogP contribution in [0.2, 0.25) is 0 Å². The van der Waals surface area contributed by atoms with Gasteiger partial charge >= 0.3 is 0 Å². The van der Waals surface area contributed by atoms with Gasteiger partial charge < -0.3 is 5.73 Å². The predicted octanol–water partition coefficient (Wildman–Crippen LogP) is 4.02. The predicted molar refractivity (Wildman–Crippen MR) is 84.1 cm³/mol. The fourth-order valence-corrected chi connectivity index (χ4v) is 3.16. The minimum atomic E-state index is -0.241. The highest BCUT2D eigenvalue weighted by Gasteiger charge is 2.14. The molecule has 0 radical (unpaired) electrons. The second kappa shape index (κ2) is 6.12. The Labute approximate surface area is 129 Å². The third-order valence-corrected chi connectivity index (χ3v) is 4.53. The number of halogens is 1. The van der Waals surface area contributed by atoms with E-state index in [9.17, 15) is 4.39 Å². The molecule has 0 aliphatic carbocycles. The first-order valence-electron chi connectivity index (χ1n) is 6.85. The third kappa shape index (κ3) is 3.41. The Hall–Kier alpha value is -1.46. The lowest BCUT2D eigenvalue weighted by atomic mass is 10.1. The van der Waals surface area contributed by atoms with E-state index >= 15 is 0 Å². The molecule has 2 aromatic rings. The van der Waals surface area contributed by atoms with Crippen molar-refractivity contribution in [3.63, 3.8) is 0 Å². The largest absolute Gasteiger partial charge is 0.324 e. The van der Waals surface area contributed by atoms with Crippen LogP contribution in [0.25, 0.3) is 0 Å². The molecule has 1 aromatic carbocycles. The van der Waals surface area contributed by atoms with Crippen LogP contribution >= 0.6 is 11.8 Å². The molecule has 3 nitrogen and oxygen atoms in total. The Balaban J connectivity index is 2.46. The number of aryl methyl sites for hydroxylation is 3. The SMILES string of the molecule is Cc1cc(Sc2nc(C)c(C)c(C)n2)c([C@@H](C)N)cc1F. The molecule has 0 fully saturated rings. The molecule has 0 spiro atoms. The number of benzene rings is 1. The van der Waals surface area contributed by atoms with Crippen LogP contribution in [-0.4, -0.2) is 9.97 Å². The van der Waals surface area contributed by atoms with Gasteiger partial charge in [-0.05, 0) is 75.2 Å². The van der Waals surface area contributed by atoms with Crippen LogP contribution in [0.15, 0.2) is 22.2 Å². The van der Waals surface area contributed by atoms with Gasteiger partial charge in [0.1, 0.15) is 5.82 Å². The van der Waals surface area contributed by atoms with Crippen LogP contribution < -0.4 is 5.73 Å². The van der Waals surface area contributed by atoms with Crippen LogP contribution in [0.1, 0.15) is 41.0 Å². The Bertz CT molecular complexity index is 660. The molecular weight excluding hydrogens is 285 g/mol. The second-order valence-corrected chi connectivity index (χ2v) is 6.34. The molecule has 1 atom stereocenters. The van der Waals surface area contributed by atoms with Crippen molar-refractivity contribution in [2.24, 2.45) is 5.73 Å². The van der Waals surface area contributed by atoms with Crippen LogP contribution in [0.5, 0.6) is 0 Å². The lowest BCUT2D eigenvalue weighted by Gasteiger charge is -2.14. The quantitative estimate of drug-likeness (QED) is 0.870. The van der Waals surface area contributed by atoms with Crippen LogP contribution in [0.3, 0.4) is 0 Å². The Kier molecular flexibility index (Phi) is 4.64. The zero-order valence-electron chi connectivity index (χ0n) is 13.0. The van der Waals surface area contributed by atoms with Gasteiger partial charge in [-0.3, -0.25) is 0 Å². The van der Waals surface area contributed by atoms with E-state index in [0.29, 0.717) is 10.7 Å². The van der Waals surface area contributed by atoms with Crippen LogP contribution in [0, 0.1) is 33.5 Å². The lowest BCUT2D eigenvalue weighted by molar-refractivity contribution is 0.610. The molecule has 0 amide bonds. The zero-order valence-corrected chi connectivity index (χ0v) is 13.8. The molecule has 0 bridgehead atoms. The van der Waals surface area contributed by atoms with Crippen molar-refractivity contribution in [1.29, 1.82) is 0 Å². The maximum atomic E-state index is 13.7. The van der Waals surface area contributed by atoms with Gasteiger partial charge in [-0.1, -0.05) is 0 Å². The molecule has 5 heteroatoms. The summed E-state index contributed by atoms with van der Waals surface area (Å²) in [7, 11) is 0. The van der Waals surface area contributed by atoms with E-state index in [1.807, 2.05) is 33.8 Å². The van der Waals surface area contributed by atoms with Crippen molar-refractivity contribution < 1.29 is 4.39 Å². The molecule has 1 heterocycles. The van der Waals surface area contributed by atoms with Crippen molar-refractivity contribution in [1.82, 2.24) is 9.97 Å². The zero-order chi connectivity index (χ0) is 15.7. The maximum absolute atomic E-state index is 13.7. The summed E-state index contributed by atoms with van der Waals surface area (Å²) in [6.07, 6.45) is 0. The summed E-state index contributed by atoms with van der Waals surface area (Å²) < 4.78 is 13.7. The summed E-state index contributed by atoms with van der Waals surface area (Å²) in [6, 6.07) is 3.08. The normalized spacial score (nSPS) is 12.5. The minimum Gasteiger partial charge on any atom is -0.324 e. The maximum Gasteiger partial charge on any atom is 0.192 e. The number of nitrogens with zero attached hydrogens (tertiary/aromatic N) is 2. The van der Waals surface area contributed by atoms with Gasteiger partial charge in [0, 0.05) is 22.3 Å². The summed E-state index contributed by atoms with van der Waals surface area (Å²) >= 11 is 1.43. The van der Waals surface area contributed by atoms with Crippen molar-refractivity contribution in [3.05, 3.63) is 46.0 Å². The average molecular weight is 305 g/mol. The van der Waals surface area contributed by atoms with E-state index in [0.717, 1.165) is 27.4 Å². The molecule has 0 unspecified atom stereocenters. The molecule has 0 saturated heterocycles. The van der Waals surface area contributed by atoms with Gasteiger partial charge in [-0.25, -0.2) is 14.4 Å². The average Bonchev–Trinajstić information content (AvgIpc) is 2.39. The summed E-state index contributed by atoms with van der Waals surface area (Å²) in [6.45, 7) is 9.54. The van der Waals surface area contributed by atoms with Gasteiger partial charge in [-0.2, -0.15) is 0 Å². The Morgan fingerprint density at radius 3 is 2.19 bits per heavy atom. The van der Waals surface area contributed by atoms with Gasteiger partial charge in [0.2, 0.25) is 0 Å². The minimum absolute atomic E-state index is 0.233. The third-order valence-electron chi connectivity index (χ3n) is 3.59. The highest BCUT2D eigenvalue weighted by Crippen LogP contribution is 2.33. The molecule has 0 aliphatic rings. The van der Waals surface area contributed by atoms with Gasteiger partial charge in [0.15, 0.2) is 5.16 Å². The summed E-state index contributed by atoms with van der Waals surface area (Å²) in [5, 5.41) is 0.670. The smallest absolute Gasteiger partial charge is 0.192 e. The fourth-order valence-electron chi connectivity index (χ4n) is 2.00. The standard InChI is InChI=1S/C16H20FN3S/c1-8-6-15(13(10(3)18)7-14(8)17)21-16-19-11(4)9(2)12(5)20-16/h6-7,10H,18H2,1-5H3/t10-/m1/s1. The first-order valence-corrected chi connectivity index (χ1v) is 7.66. The molecular formula is C16H20FN3S. The monoisotopic (exact) mass is 305 g/mol. The van der Waals surface area contributed by atoms with Crippen LogP contribution in [-0.2, 0) is 0 Å². The van der Waals surface area contributed by atoms with Crippen molar-refractivity contribution in [2.45, 2.75) is 50.7 Å². The van der Waals surface area contributed by atoms with Crippen molar-refractivity contribution in [3.8, 4) is 0 Å². The topological polar surface area (TPSA) is 51.8 Å². The van der Waals surface area contributed by atoms with E-state index in [-0.39, 0.29) is 11.9 Å². The van der Waals surface area contributed by atoms with Gasteiger partial charge in [-0.15, -0.1) is 0 Å². The van der Waals surface area contributed by atoms with Gasteiger partial charge in [0.05, 0.1) is 0 Å². The molecule has 2 rings (SSSR count). The Morgan fingerprint density at radius 1 is 1.10 bits per heavy atom. The lowest BCUT2D eigenvalue weighted by Crippen LogP contribution is -2.08. The Morgan fingerprint density at radius 2 is 1.67 bits per heavy atom. The molecule has 1 aromatic heterocycles. The number of hydrogen-bond donors (Lipinski definition) is 1. The van der Waals surface area contributed by atoms with Crippen molar-refractivity contribution >= 4 is 11.8 Å². The van der Waals surface area contributed by atoms with Gasteiger partial charge in [0.25, 0.3) is 0 Å². The molecule has 0 aliphatic heterocycles. The first kappa shape index (κ1) is 15.9. The van der Waals surface area contributed by atoms with Crippen LogP contribution in [0.4, 0.5) is 4.39 Å². The number of rotatable bonds is 3. The summed E-state index contributed by atoms with van der Waals surface area (Å²) in [4.78, 5) is 9.91. The van der Waals surface area contributed by atoms with E-state index < -0.39 is 0 Å². The molecule has 2 N–H and O–H groups in total. The molecule has 112 valence electrons. The highest BCUT2D eigenvalue weighted by molar-refractivity contribution is 7.99. The first-order chi connectivity index (χ1) is 9.79.